The highest BCUT2D eigenvalue weighted by atomic mass is 35.5. The van der Waals surface area contributed by atoms with Crippen molar-refractivity contribution in [3.05, 3.63) is 77.3 Å². The van der Waals surface area contributed by atoms with Gasteiger partial charge in [0.1, 0.15) is 0 Å². The number of carbonyl (C=O) groups excluding carboxylic acids is 1. The molecule has 0 radical (unpaired) electrons. The number of carbonyl (C=O) groups is 1. The van der Waals surface area contributed by atoms with Crippen LogP contribution in [0.15, 0.2) is 71.6 Å². The van der Waals surface area contributed by atoms with Crippen molar-refractivity contribution < 1.29 is 4.79 Å². The molecule has 0 aliphatic carbocycles. The summed E-state index contributed by atoms with van der Waals surface area (Å²) in [6.45, 7) is 0. The molecule has 1 nitrogen and oxygen atoms in total. The van der Waals surface area contributed by atoms with Gasteiger partial charge in [-0.1, -0.05) is 60.1 Å². The first kappa shape index (κ1) is 14.2. The Morgan fingerprint density at radius 1 is 0.952 bits per heavy atom. The smallest absolute Gasteiger partial charge is 0.173 e. The van der Waals surface area contributed by atoms with Crippen molar-refractivity contribution in [2.75, 3.05) is 5.75 Å². The lowest BCUT2D eigenvalue weighted by molar-refractivity contribution is 0.102. The van der Waals surface area contributed by atoms with Gasteiger partial charge in [0.2, 0.25) is 0 Å². The van der Waals surface area contributed by atoms with Gasteiger partial charge in [-0.2, -0.15) is 0 Å². The molecule has 0 aromatic heterocycles. The van der Waals surface area contributed by atoms with Crippen LogP contribution in [-0.2, 0) is 0 Å². The van der Waals surface area contributed by atoms with Crippen LogP contribution in [0.25, 0.3) is 10.8 Å². The predicted octanol–water partition coefficient (Wildman–Crippen LogP) is 5.47. The van der Waals surface area contributed by atoms with Crippen LogP contribution in [0.4, 0.5) is 0 Å². The van der Waals surface area contributed by atoms with Gasteiger partial charge in [-0.15, -0.1) is 11.8 Å². The molecule has 0 aliphatic heterocycles. The minimum atomic E-state index is 0.136. The van der Waals surface area contributed by atoms with E-state index >= 15 is 0 Å². The molecule has 3 heteroatoms. The van der Waals surface area contributed by atoms with Crippen molar-refractivity contribution in [1.29, 1.82) is 0 Å². The average molecular weight is 313 g/mol. The van der Waals surface area contributed by atoms with Crippen LogP contribution < -0.4 is 0 Å². The molecule has 3 aromatic carbocycles. The van der Waals surface area contributed by atoms with Crippen molar-refractivity contribution in [2.45, 2.75) is 4.90 Å². The molecule has 0 aliphatic rings. The van der Waals surface area contributed by atoms with Gasteiger partial charge < -0.3 is 0 Å². The molecule has 0 atom stereocenters. The highest BCUT2D eigenvalue weighted by Gasteiger charge is 2.10. The van der Waals surface area contributed by atoms with Crippen LogP contribution in [0.1, 0.15) is 10.4 Å². The zero-order valence-corrected chi connectivity index (χ0v) is 12.8. The number of benzene rings is 3. The van der Waals surface area contributed by atoms with Crippen molar-refractivity contribution >= 4 is 39.9 Å². The van der Waals surface area contributed by atoms with E-state index in [1.807, 2.05) is 66.7 Å². The van der Waals surface area contributed by atoms with E-state index in [4.69, 9.17) is 11.6 Å². The molecule has 104 valence electrons. The fourth-order valence-corrected chi connectivity index (χ4v) is 3.35. The summed E-state index contributed by atoms with van der Waals surface area (Å²) in [7, 11) is 0. The Balaban J connectivity index is 1.81. The van der Waals surface area contributed by atoms with E-state index in [1.165, 1.54) is 11.8 Å². The van der Waals surface area contributed by atoms with Crippen molar-refractivity contribution in [2.24, 2.45) is 0 Å². The number of hydrogen-bond donors (Lipinski definition) is 0. The molecule has 3 aromatic rings. The lowest BCUT2D eigenvalue weighted by atomic mass is 10.0. The summed E-state index contributed by atoms with van der Waals surface area (Å²) < 4.78 is 0. The molecule has 0 fully saturated rings. The normalized spacial score (nSPS) is 10.7. The van der Waals surface area contributed by atoms with E-state index in [0.717, 1.165) is 21.2 Å². The number of rotatable bonds is 4. The fraction of sp³-hybridized carbons (Fsp3) is 0.0556. The van der Waals surface area contributed by atoms with E-state index in [2.05, 4.69) is 0 Å². The lowest BCUT2D eigenvalue weighted by Gasteiger charge is -2.06. The molecular weight excluding hydrogens is 300 g/mol. The van der Waals surface area contributed by atoms with E-state index in [-0.39, 0.29) is 5.78 Å². The van der Waals surface area contributed by atoms with Crippen LogP contribution in [0.2, 0.25) is 5.02 Å². The summed E-state index contributed by atoms with van der Waals surface area (Å²) in [5, 5.41) is 2.80. The highest BCUT2D eigenvalue weighted by Crippen LogP contribution is 2.24. The van der Waals surface area contributed by atoms with Gasteiger partial charge >= 0.3 is 0 Å². The number of fused-ring (bicyclic) bond motifs is 1. The van der Waals surface area contributed by atoms with Gasteiger partial charge in [-0.3, -0.25) is 4.79 Å². The molecule has 0 spiro atoms. The second-order valence-corrected chi connectivity index (χ2v) is 6.18. The minimum absolute atomic E-state index is 0.136. The quantitative estimate of drug-likeness (QED) is 0.469. The first-order valence-electron chi connectivity index (χ1n) is 6.63. The summed E-state index contributed by atoms with van der Waals surface area (Å²) in [6, 6.07) is 21.4. The number of hydrogen-bond acceptors (Lipinski definition) is 2. The first-order valence-corrected chi connectivity index (χ1v) is 8.00. The topological polar surface area (TPSA) is 17.1 Å². The maximum atomic E-state index is 12.5. The summed E-state index contributed by atoms with van der Waals surface area (Å²) in [6.07, 6.45) is 0. The number of thioether (sulfide) groups is 1. The Kier molecular flexibility index (Phi) is 4.28. The molecule has 0 amide bonds. The Labute approximate surface area is 132 Å². The van der Waals surface area contributed by atoms with Crippen molar-refractivity contribution in [1.82, 2.24) is 0 Å². The third-order valence-corrected chi connectivity index (χ3v) is 4.48. The van der Waals surface area contributed by atoms with E-state index in [1.54, 1.807) is 0 Å². The molecule has 0 bridgehead atoms. The zero-order chi connectivity index (χ0) is 14.7. The van der Waals surface area contributed by atoms with Gasteiger partial charge in [0.25, 0.3) is 0 Å². The van der Waals surface area contributed by atoms with Crippen LogP contribution in [0.3, 0.4) is 0 Å². The van der Waals surface area contributed by atoms with Gasteiger partial charge in [0.05, 0.1) is 5.75 Å². The highest BCUT2D eigenvalue weighted by molar-refractivity contribution is 8.00. The molecular formula is C18H13ClOS. The molecule has 0 unspecified atom stereocenters. The van der Waals surface area contributed by atoms with Gasteiger partial charge in [-0.05, 0) is 29.0 Å². The third kappa shape index (κ3) is 3.29. The number of Topliss-reactive ketones (excluding diaryl/α,β-unsaturated/α-hetero) is 1. The summed E-state index contributed by atoms with van der Waals surface area (Å²) in [5.41, 5.74) is 0.780. The molecule has 3 rings (SSSR count). The maximum absolute atomic E-state index is 12.5. The fourth-order valence-electron chi connectivity index (χ4n) is 2.25. The SMILES string of the molecule is O=C(CSc1cccc(Cl)c1)c1cccc2ccccc12. The van der Waals surface area contributed by atoms with Crippen LogP contribution in [-0.4, -0.2) is 11.5 Å². The predicted molar refractivity (Wildman–Crippen MR) is 90.5 cm³/mol. The van der Waals surface area contributed by atoms with Crippen molar-refractivity contribution in [3.63, 3.8) is 0 Å². The molecule has 0 saturated heterocycles. The lowest BCUT2D eigenvalue weighted by Crippen LogP contribution is -2.03. The van der Waals surface area contributed by atoms with Gasteiger partial charge in [-0.25, -0.2) is 0 Å². The van der Waals surface area contributed by atoms with Crippen LogP contribution in [0.5, 0.6) is 0 Å². The largest absolute Gasteiger partial charge is 0.293 e. The van der Waals surface area contributed by atoms with E-state index in [0.29, 0.717) is 10.8 Å². The second-order valence-electron chi connectivity index (χ2n) is 4.70. The summed E-state index contributed by atoms with van der Waals surface area (Å²) >= 11 is 7.47. The Hall–Kier alpha value is -1.77. The summed E-state index contributed by atoms with van der Waals surface area (Å²) in [4.78, 5) is 13.5. The Morgan fingerprint density at radius 3 is 2.57 bits per heavy atom. The minimum Gasteiger partial charge on any atom is -0.293 e. The second kappa shape index (κ2) is 6.33. The number of halogens is 1. The Morgan fingerprint density at radius 2 is 1.71 bits per heavy atom. The van der Waals surface area contributed by atoms with Crippen molar-refractivity contribution in [3.8, 4) is 0 Å². The zero-order valence-electron chi connectivity index (χ0n) is 11.3. The average Bonchev–Trinajstić information content (AvgIpc) is 2.52. The van der Waals surface area contributed by atoms with Gasteiger partial charge in [0, 0.05) is 15.5 Å². The van der Waals surface area contributed by atoms with Gasteiger partial charge in [0.15, 0.2) is 5.78 Å². The molecule has 0 heterocycles. The first-order chi connectivity index (χ1) is 10.2. The third-order valence-electron chi connectivity index (χ3n) is 3.26. The summed E-state index contributed by atoms with van der Waals surface area (Å²) in [5.74, 6) is 0.547. The van der Waals surface area contributed by atoms with E-state index < -0.39 is 0 Å². The monoisotopic (exact) mass is 312 g/mol. The maximum Gasteiger partial charge on any atom is 0.173 e. The number of ketones is 1. The van der Waals surface area contributed by atoms with Crippen LogP contribution in [0, 0.1) is 0 Å². The molecule has 0 saturated carbocycles. The standard InChI is InChI=1S/C18H13ClOS/c19-14-7-4-8-15(11-14)21-12-18(20)17-10-3-6-13-5-1-2-9-16(13)17/h1-11H,12H2. The Bertz CT molecular complexity index is 793. The molecule has 0 N–H and O–H groups in total. The van der Waals surface area contributed by atoms with E-state index in [9.17, 15) is 4.79 Å². The van der Waals surface area contributed by atoms with Crippen LogP contribution >= 0.6 is 23.4 Å². The molecule has 21 heavy (non-hydrogen) atoms.